The Labute approximate surface area is 176 Å². The predicted octanol–water partition coefficient (Wildman–Crippen LogP) is 4.12. The van der Waals surface area contributed by atoms with Gasteiger partial charge in [-0.2, -0.15) is 0 Å². The first-order chi connectivity index (χ1) is 14.5. The molecule has 0 spiro atoms. The molecular weight excluding hydrogens is 403 g/mol. The number of pyridine rings is 1. The monoisotopic (exact) mass is 424 g/mol. The lowest BCUT2D eigenvalue weighted by Gasteiger charge is -2.17. The van der Waals surface area contributed by atoms with Crippen LogP contribution >= 0.6 is 11.3 Å². The fourth-order valence-electron chi connectivity index (χ4n) is 4.31. The van der Waals surface area contributed by atoms with Gasteiger partial charge in [0.1, 0.15) is 16.3 Å². The number of nitrogens with one attached hydrogen (secondary N) is 1. The topological polar surface area (TPSA) is 65.6 Å². The van der Waals surface area contributed by atoms with E-state index in [0.717, 1.165) is 29.3 Å². The maximum absolute atomic E-state index is 15.1. The number of methoxy groups -OCH3 is 1. The van der Waals surface area contributed by atoms with E-state index >= 15 is 4.39 Å². The van der Waals surface area contributed by atoms with Gasteiger partial charge in [-0.3, -0.25) is 9.69 Å². The third kappa shape index (κ3) is 3.19. The predicted molar refractivity (Wildman–Crippen MR) is 118 cm³/mol. The second-order valence-electron chi connectivity index (χ2n) is 7.67. The van der Waals surface area contributed by atoms with Crippen LogP contribution < -0.4 is 10.3 Å². The van der Waals surface area contributed by atoms with Gasteiger partial charge in [0.15, 0.2) is 0 Å². The minimum atomic E-state index is -0.331. The molecule has 2 N–H and O–H groups in total. The van der Waals surface area contributed by atoms with Crippen LogP contribution in [0.1, 0.15) is 12.0 Å². The third-order valence-corrected chi connectivity index (χ3v) is 6.67. The standard InChI is InChI=1S/C23H21FN2O3S/c1-29-19-5-4-18-21(16-7-9-30-22(16)23(28)25-18)20(19)13-2-3-14(17(24)10-13)11-26-8-6-15(27)12-26/h2-5,7,9-10,15,27H,6,8,11-12H2,1H3,(H,25,28). The molecule has 4 aromatic rings. The van der Waals surface area contributed by atoms with Gasteiger partial charge in [0.05, 0.1) is 13.2 Å². The maximum atomic E-state index is 15.1. The molecule has 1 saturated heterocycles. The zero-order valence-corrected chi connectivity index (χ0v) is 17.3. The van der Waals surface area contributed by atoms with Crippen LogP contribution in [0.5, 0.6) is 5.75 Å². The Balaban J connectivity index is 1.66. The molecule has 7 heteroatoms. The number of rotatable bonds is 4. The van der Waals surface area contributed by atoms with Gasteiger partial charge in [-0.25, -0.2) is 4.39 Å². The lowest BCUT2D eigenvalue weighted by Crippen LogP contribution is -2.22. The first kappa shape index (κ1) is 19.2. The van der Waals surface area contributed by atoms with Crippen molar-refractivity contribution in [3.63, 3.8) is 0 Å². The van der Waals surface area contributed by atoms with Gasteiger partial charge < -0.3 is 14.8 Å². The van der Waals surface area contributed by atoms with Crippen LogP contribution in [0.15, 0.2) is 46.6 Å². The number of aliphatic hydroxyl groups is 1. The highest BCUT2D eigenvalue weighted by atomic mass is 32.1. The molecule has 1 unspecified atom stereocenters. The van der Waals surface area contributed by atoms with E-state index in [1.54, 1.807) is 19.2 Å². The summed E-state index contributed by atoms with van der Waals surface area (Å²) in [4.78, 5) is 17.4. The molecule has 5 nitrogen and oxygen atoms in total. The van der Waals surface area contributed by atoms with Crippen LogP contribution in [0.2, 0.25) is 0 Å². The molecule has 0 aliphatic carbocycles. The van der Waals surface area contributed by atoms with Gasteiger partial charge >= 0.3 is 0 Å². The Morgan fingerprint density at radius 1 is 1.30 bits per heavy atom. The number of H-pyrrole nitrogens is 1. The zero-order chi connectivity index (χ0) is 20.8. The number of nitrogens with zero attached hydrogens (tertiary/aromatic N) is 1. The van der Waals surface area contributed by atoms with E-state index in [4.69, 9.17) is 4.74 Å². The first-order valence-corrected chi connectivity index (χ1v) is 10.7. The maximum Gasteiger partial charge on any atom is 0.266 e. The van der Waals surface area contributed by atoms with Crippen molar-refractivity contribution in [2.45, 2.75) is 19.1 Å². The van der Waals surface area contributed by atoms with E-state index in [1.165, 1.54) is 17.4 Å². The van der Waals surface area contributed by atoms with Crippen LogP contribution in [-0.4, -0.2) is 41.3 Å². The zero-order valence-electron chi connectivity index (χ0n) is 16.4. The molecule has 1 aliphatic heterocycles. The normalized spacial score (nSPS) is 17.2. The number of halogens is 1. The van der Waals surface area contributed by atoms with Crippen LogP contribution in [0.4, 0.5) is 4.39 Å². The smallest absolute Gasteiger partial charge is 0.266 e. The molecule has 0 radical (unpaired) electrons. The average molecular weight is 424 g/mol. The summed E-state index contributed by atoms with van der Waals surface area (Å²) < 4.78 is 21.3. The molecule has 2 aromatic heterocycles. The molecule has 1 fully saturated rings. The van der Waals surface area contributed by atoms with Gasteiger partial charge in [0.2, 0.25) is 0 Å². The number of hydrogen-bond donors (Lipinski definition) is 2. The fraction of sp³-hybridized carbons (Fsp3) is 0.261. The number of aliphatic hydroxyl groups excluding tert-OH is 1. The molecule has 0 saturated carbocycles. The number of benzene rings is 2. The van der Waals surface area contributed by atoms with Crippen molar-refractivity contribution >= 4 is 32.3 Å². The summed E-state index contributed by atoms with van der Waals surface area (Å²) in [6.07, 6.45) is 0.393. The molecule has 30 heavy (non-hydrogen) atoms. The third-order valence-electron chi connectivity index (χ3n) is 5.76. The Morgan fingerprint density at radius 3 is 2.90 bits per heavy atom. The van der Waals surface area contributed by atoms with Crippen molar-refractivity contribution in [2.24, 2.45) is 0 Å². The minimum Gasteiger partial charge on any atom is -0.496 e. The summed E-state index contributed by atoms with van der Waals surface area (Å²) in [5.41, 5.74) is 2.62. The highest BCUT2D eigenvalue weighted by Crippen LogP contribution is 2.40. The van der Waals surface area contributed by atoms with Crippen LogP contribution in [0.3, 0.4) is 0 Å². The lowest BCUT2D eigenvalue weighted by atomic mass is 9.96. The second kappa shape index (κ2) is 7.50. The van der Waals surface area contributed by atoms with Gasteiger partial charge in [-0.05, 0) is 41.6 Å². The highest BCUT2D eigenvalue weighted by Gasteiger charge is 2.22. The minimum absolute atomic E-state index is 0.127. The number of hydrogen-bond acceptors (Lipinski definition) is 5. The number of fused-ring (bicyclic) bond motifs is 3. The summed E-state index contributed by atoms with van der Waals surface area (Å²) in [5, 5.41) is 13.3. The van der Waals surface area contributed by atoms with Crippen molar-refractivity contribution in [1.82, 2.24) is 9.88 Å². The molecule has 1 atom stereocenters. The molecule has 2 aromatic carbocycles. The number of thiophene rings is 1. The van der Waals surface area contributed by atoms with Crippen LogP contribution in [0.25, 0.3) is 32.1 Å². The van der Waals surface area contributed by atoms with Crippen molar-refractivity contribution < 1.29 is 14.2 Å². The van der Waals surface area contributed by atoms with Crippen molar-refractivity contribution in [1.29, 1.82) is 0 Å². The number of aromatic amines is 1. The summed E-state index contributed by atoms with van der Waals surface area (Å²) in [7, 11) is 1.59. The van der Waals surface area contributed by atoms with E-state index < -0.39 is 0 Å². The van der Waals surface area contributed by atoms with Crippen molar-refractivity contribution in [2.75, 3.05) is 20.2 Å². The largest absolute Gasteiger partial charge is 0.496 e. The Kier molecular flexibility index (Phi) is 4.81. The van der Waals surface area contributed by atoms with E-state index in [-0.39, 0.29) is 17.5 Å². The fourth-order valence-corrected chi connectivity index (χ4v) is 5.11. The molecule has 154 valence electrons. The molecule has 0 amide bonds. The number of aromatic nitrogens is 1. The Bertz CT molecular complexity index is 1310. The average Bonchev–Trinajstić information content (AvgIpc) is 3.38. The molecule has 3 heterocycles. The van der Waals surface area contributed by atoms with E-state index in [0.29, 0.717) is 40.2 Å². The summed E-state index contributed by atoms with van der Waals surface area (Å²) >= 11 is 1.39. The summed E-state index contributed by atoms with van der Waals surface area (Å²) in [5.74, 6) is 0.329. The number of β-amino-alcohol motifs (C(OH)–C–C–N with tert-alkyl or cyclic N) is 1. The number of ether oxygens (including phenoxy) is 1. The quantitative estimate of drug-likeness (QED) is 0.517. The molecular formula is C23H21FN2O3S. The van der Waals surface area contributed by atoms with Gasteiger partial charge in [-0.15, -0.1) is 11.3 Å². The van der Waals surface area contributed by atoms with Gasteiger partial charge in [0, 0.05) is 47.1 Å². The highest BCUT2D eigenvalue weighted by molar-refractivity contribution is 7.17. The number of likely N-dealkylation sites (tertiary alicyclic amines) is 1. The van der Waals surface area contributed by atoms with Gasteiger partial charge in [0.25, 0.3) is 5.56 Å². The SMILES string of the molecule is COc1ccc2[nH]c(=O)c3sccc3c2c1-c1ccc(CN2CCC(O)C2)c(F)c1. The molecule has 1 aliphatic rings. The van der Waals surface area contributed by atoms with E-state index in [2.05, 4.69) is 9.88 Å². The van der Waals surface area contributed by atoms with Crippen molar-refractivity contribution in [3.8, 4) is 16.9 Å². The van der Waals surface area contributed by atoms with Gasteiger partial charge in [-0.1, -0.05) is 12.1 Å². The first-order valence-electron chi connectivity index (χ1n) is 9.84. The van der Waals surface area contributed by atoms with Crippen LogP contribution in [0, 0.1) is 5.82 Å². The lowest BCUT2D eigenvalue weighted by molar-refractivity contribution is 0.174. The Morgan fingerprint density at radius 2 is 2.17 bits per heavy atom. The van der Waals surface area contributed by atoms with Crippen molar-refractivity contribution in [3.05, 3.63) is 63.5 Å². The molecule has 0 bridgehead atoms. The Hall–Kier alpha value is -2.74. The van der Waals surface area contributed by atoms with E-state index in [1.807, 2.05) is 23.6 Å². The molecule has 5 rings (SSSR count). The van der Waals surface area contributed by atoms with E-state index in [9.17, 15) is 9.90 Å². The second-order valence-corrected chi connectivity index (χ2v) is 8.58. The summed E-state index contributed by atoms with van der Waals surface area (Å²) in [6, 6.07) is 10.8. The summed E-state index contributed by atoms with van der Waals surface area (Å²) in [6.45, 7) is 1.81. The van der Waals surface area contributed by atoms with Crippen LogP contribution in [-0.2, 0) is 6.54 Å².